The van der Waals surface area contributed by atoms with Crippen LogP contribution in [0.2, 0.25) is 5.15 Å². The normalized spacial score (nSPS) is 12.4. The highest BCUT2D eigenvalue weighted by Crippen LogP contribution is 2.22. The Morgan fingerprint density at radius 3 is 2.80 bits per heavy atom. The van der Waals surface area contributed by atoms with Crippen molar-refractivity contribution in [1.29, 1.82) is 0 Å². The molecule has 6 nitrogen and oxygen atoms in total. The molecule has 0 fully saturated rings. The molecule has 2 N–H and O–H groups in total. The van der Waals surface area contributed by atoms with Gasteiger partial charge in [0.2, 0.25) is 0 Å². The van der Waals surface area contributed by atoms with E-state index in [1.165, 1.54) is 0 Å². The molecule has 0 amide bonds. The first-order chi connectivity index (χ1) is 9.51. The molecule has 1 unspecified atom stereocenters. The fraction of sp³-hybridized carbons (Fsp3) is 0.462. The summed E-state index contributed by atoms with van der Waals surface area (Å²) in [5, 5.41) is 17.7. The Bertz CT molecular complexity index is 598. The molecule has 0 aliphatic carbocycles. The summed E-state index contributed by atoms with van der Waals surface area (Å²) in [6.07, 6.45) is 3.50. The number of aliphatic hydroxyl groups is 1. The second-order valence-electron chi connectivity index (χ2n) is 4.59. The summed E-state index contributed by atoms with van der Waals surface area (Å²) in [5.74, 6) is 1.28. The Hall–Kier alpha value is -1.66. The van der Waals surface area contributed by atoms with Gasteiger partial charge in [-0.1, -0.05) is 18.5 Å². The maximum absolute atomic E-state index is 10.1. The molecule has 0 spiro atoms. The maximum Gasteiger partial charge on any atom is 0.138 e. The van der Waals surface area contributed by atoms with E-state index in [-0.39, 0.29) is 0 Å². The number of aliphatic hydroxyl groups excluding tert-OH is 1. The molecule has 2 aromatic rings. The third-order valence-corrected chi connectivity index (χ3v) is 3.31. The van der Waals surface area contributed by atoms with Crippen LogP contribution in [-0.4, -0.2) is 31.4 Å². The van der Waals surface area contributed by atoms with Crippen LogP contribution in [0.3, 0.4) is 0 Å². The largest absolute Gasteiger partial charge is 0.386 e. The molecular formula is C13H18ClN5O. The second kappa shape index (κ2) is 6.19. The van der Waals surface area contributed by atoms with E-state index in [0.29, 0.717) is 23.3 Å². The van der Waals surface area contributed by atoms with Gasteiger partial charge in [0, 0.05) is 30.9 Å². The molecule has 7 heteroatoms. The summed E-state index contributed by atoms with van der Waals surface area (Å²) in [6, 6.07) is 0. The number of aromatic nitrogens is 4. The van der Waals surface area contributed by atoms with Gasteiger partial charge in [-0.25, -0.2) is 9.97 Å². The number of rotatable bonds is 5. The number of halogens is 1. The van der Waals surface area contributed by atoms with Crippen LogP contribution in [0, 0.1) is 6.92 Å². The Morgan fingerprint density at radius 1 is 1.45 bits per heavy atom. The van der Waals surface area contributed by atoms with Crippen LogP contribution in [0.25, 0.3) is 0 Å². The molecule has 2 rings (SSSR count). The third-order valence-electron chi connectivity index (χ3n) is 2.99. The first-order valence-corrected chi connectivity index (χ1v) is 6.82. The lowest BCUT2D eigenvalue weighted by molar-refractivity contribution is 0.191. The minimum Gasteiger partial charge on any atom is -0.386 e. The molecule has 1 atom stereocenters. The van der Waals surface area contributed by atoms with Crippen molar-refractivity contribution in [3.63, 3.8) is 0 Å². The number of hydrogen-bond donors (Lipinski definition) is 2. The summed E-state index contributed by atoms with van der Waals surface area (Å²) < 4.78 is 1.65. The molecule has 0 aliphatic heterocycles. The van der Waals surface area contributed by atoms with Gasteiger partial charge in [-0.05, 0) is 13.3 Å². The van der Waals surface area contributed by atoms with E-state index in [9.17, 15) is 5.11 Å². The zero-order valence-corrected chi connectivity index (χ0v) is 12.5. The van der Waals surface area contributed by atoms with Crippen molar-refractivity contribution in [3.8, 4) is 0 Å². The number of nitrogens with zero attached hydrogens (tertiary/aromatic N) is 4. The van der Waals surface area contributed by atoms with Gasteiger partial charge < -0.3 is 10.4 Å². The van der Waals surface area contributed by atoms with E-state index in [1.54, 1.807) is 24.0 Å². The van der Waals surface area contributed by atoms with Crippen molar-refractivity contribution in [2.24, 2.45) is 7.05 Å². The monoisotopic (exact) mass is 295 g/mol. The van der Waals surface area contributed by atoms with Gasteiger partial charge in [-0.2, -0.15) is 5.10 Å². The van der Waals surface area contributed by atoms with Crippen molar-refractivity contribution in [1.82, 2.24) is 19.7 Å². The lowest BCUT2D eigenvalue weighted by Crippen LogP contribution is -2.15. The SMILES string of the molecule is CCc1c(Cl)nc(C)nc1NCC(O)c1cnn(C)c1. The van der Waals surface area contributed by atoms with Crippen molar-refractivity contribution in [2.75, 3.05) is 11.9 Å². The van der Waals surface area contributed by atoms with Crippen molar-refractivity contribution in [2.45, 2.75) is 26.4 Å². The van der Waals surface area contributed by atoms with Gasteiger partial charge in [0.05, 0.1) is 12.3 Å². The van der Waals surface area contributed by atoms with Crippen LogP contribution in [0.4, 0.5) is 5.82 Å². The van der Waals surface area contributed by atoms with Crippen LogP contribution in [0.1, 0.15) is 30.0 Å². The highest BCUT2D eigenvalue weighted by Gasteiger charge is 2.13. The van der Waals surface area contributed by atoms with Crippen molar-refractivity contribution >= 4 is 17.4 Å². The highest BCUT2D eigenvalue weighted by atomic mass is 35.5. The van der Waals surface area contributed by atoms with E-state index < -0.39 is 6.10 Å². The molecule has 2 aromatic heterocycles. The molecular weight excluding hydrogens is 278 g/mol. The first kappa shape index (κ1) is 14.7. The topological polar surface area (TPSA) is 75.9 Å². The second-order valence-corrected chi connectivity index (χ2v) is 4.94. The number of anilines is 1. The summed E-state index contributed by atoms with van der Waals surface area (Å²) in [7, 11) is 1.81. The smallest absolute Gasteiger partial charge is 0.138 e. The molecule has 0 radical (unpaired) electrons. The van der Waals surface area contributed by atoms with Gasteiger partial charge in [0.25, 0.3) is 0 Å². The van der Waals surface area contributed by atoms with Crippen LogP contribution >= 0.6 is 11.6 Å². The molecule has 0 saturated carbocycles. The van der Waals surface area contributed by atoms with Crippen LogP contribution < -0.4 is 5.32 Å². The first-order valence-electron chi connectivity index (χ1n) is 6.44. The highest BCUT2D eigenvalue weighted by molar-refractivity contribution is 6.30. The fourth-order valence-corrected chi connectivity index (χ4v) is 2.29. The van der Waals surface area contributed by atoms with E-state index in [1.807, 2.05) is 14.0 Å². The van der Waals surface area contributed by atoms with E-state index in [2.05, 4.69) is 20.4 Å². The zero-order valence-electron chi connectivity index (χ0n) is 11.8. The molecule has 0 bridgehead atoms. The van der Waals surface area contributed by atoms with Gasteiger partial charge in [-0.3, -0.25) is 4.68 Å². The van der Waals surface area contributed by atoms with Gasteiger partial charge >= 0.3 is 0 Å². The minimum absolute atomic E-state index is 0.339. The Kier molecular flexibility index (Phi) is 4.57. The fourth-order valence-electron chi connectivity index (χ4n) is 1.94. The van der Waals surface area contributed by atoms with Crippen molar-refractivity contribution < 1.29 is 5.11 Å². The standard InChI is InChI=1S/C13H18ClN5O/c1-4-10-12(14)17-8(2)18-13(10)15-6-11(20)9-5-16-19(3)7-9/h5,7,11,20H,4,6H2,1-3H3,(H,15,17,18). The van der Waals surface area contributed by atoms with E-state index in [4.69, 9.17) is 11.6 Å². The summed E-state index contributed by atoms with van der Waals surface area (Å²) in [4.78, 5) is 8.47. The summed E-state index contributed by atoms with van der Waals surface area (Å²) in [6.45, 7) is 4.11. The van der Waals surface area contributed by atoms with E-state index in [0.717, 1.165) is 17.5 Å². The quantitative estimate of drug-likeness (QED) is 0.824. The predicted octanol–water partition coefficient (Wildman–Crippen LogP) is 1.88. The average Bonchev–Trinajstić information content (AvgIpc) is 2.82. The van der Waals surface area contributed by atoms with Gasteiger partial charge in [0.1, 0.15) is 16.8 Å². The minimum atomic E-state index is -0.651. The number of nitrogens with one attached hydrogen (secondary N) is 1. The summed E-state index contributed by atoms with van der Waals surface area (Å²) in [5.41, 5.74) is 1.62. The van der Waals surface area contributed by atoms with Gasteiger partial charge in [0.15, 0.2) is 0 Å². The molecule has 2 heterocycles. The summed E-state index contributed by atoms with van der Waals surface area (Å²) >= 11 is 6.10. The molecule has 0 aromatic carbocycles. The van der Waals surface area contributed by atoms with Crippen molar-refractivity contribution in [3.05, 3.63) is 34.5 Å². The lowest BCUT2D eigenvalue weighted by atomic mass is 10.2. The molecule has 108 valence electrons. The number of aryl methyl sites for hydroxylation is 2. The Labute approximate surface area is 122 Å². The van der Waals surface area contributed by atoms with Crippen LogP contribution in [0.5, 0.6) is 0 Å². The predicted molar refractivity (Wildman–Crippen MR) is 77.8 cm³/mol. The lowest BCUT2D eigenvalue weighted by Gasteiger charge is -2.14. The molecule has 20 heavy (non-hydrogen) atoms. The van der Waals surface area contributed by atoms with Crippen LogP contribution in [-0.2, 0) is 13.5 Å². The average molecular weight is 296 g/mol. The molecule has 0 aliphatic rings. The van der Waals surface area contributed by atoms with Gasteiger partial charge in [-0.15, -0.1) is 0 Å². The third kappa shape index (κ3) is 3.26. The number of hydrogen-bond acceptors (Lipinski definition) is 5. The Morgan fingerprint density at radius 2 is 2.20 bits per heavy atom. The molecule has 0 saturated heterocycles. The zero-order chi connectivity index (χ0) is 14.7. The maximum atomic E-state index is 10.1. The Balaban J connectivity index is 2.10. The van der Waals surface area contributed by atoms with E-state index >= 15 is 0 Å². The van der Waals surface area contributed by atoms with Crippen LogP contribution in [0.15, 0.2) is 12.4 Å².